The van der Waals surface area contributed by atoms with Crippen LogP contribution in [0.15, 0.2) is 12.4 Å². The number of ether oxygens (including phenoxy) is 4. The molecule has 15 heavy (non-hydrogen) atoms. The number of hydrogen-bond donors (Lipinski definition) is 1. The molecule has 1 N–H and O–H groups in total. The van der Waals surface area contributed by atoms with Crippen molar-refractivity contribution in [1.82, 2.24) is 4.98 Å². The fourth-order valence-electron chi connectivity index (χ4n) is 1.30. The summed E-state index contributed by atoms with van der Waals surface area (Å²) in [7, 11) is 0. The molecule has 0 atom stereocenters. The van der Waals surface area contributed by atoms with E-state index in [9.17, 15) is 0 Å². The lowest BCUT2D eigenvalue weighted by atomic mass is 10.5. The van der Waals surface area contributed by atoms with Gasteiger partial charge in [-0.3, -0.25) is 0 Å². The van der Waals surface area contributed by atoms with Gasteiger partial charge in [-0.05, 0) is 0 Å². The Balaban J connectivity index is 1.92. The van der Waals surface area contributed by atoms with Crippen LogP contribution in [0.5, 0.6) is 11.5 Å². The molecule has 2 heterocycles. The van der Waals surface area contributed by atoms with Crippen LogP contribution >= 0.6 is 0 Å². The average molecular weight is 213 g/mol. The van der Waals surface area contributed by atoms with Crippen LogP contribution in [0.3, 0.4) is 0 Å². The van der Waals surface area contributed by atoms with Gasteiger partial charge in [-0.25, -0.2) is 0 Å². The van der Waals surface area contributed by atoms with E-state index in [4.69, 9.17) is 18.9 Å². The van der Waals surface area contributed by atoms with Gasteiger partial charge in [0.25, 0.3) is 0 Å². The third-order valence-electron chi connectivity index (χ3n) is 2.01. The summed E-state index contributed by atoms with van der Waals surface area (Å²) in [5, 5.41) is 0. The number of fused-ring (bicyclic) bond motifs is 1. The Kier molecular flexibility index (Phi) is 3.87. The van der Waals surface area contributed by atoms with Crippen LogP contribution in [-0.4, -0.2) is 44.6 Å². The summed E-state index contributed by atoms with van der Waals surface area (Å²) in [4.78, 5) is 2.94. The highest BCUT2D eigenvalue weighted by molar-refractivity contribution is 5.36. The van der Waals surface area contributed by atoms with Crippen LogP contribution in [0.25, 0.3) is 0 Å². The van der Waals surface area contributed by atoms with Crippen molar-refractivity contribution < 1.29 is 18.9 Å². The van der Waals surface area contributed by atoms with Gasteiger partial charge in [0.2, 0.25) is 0 Å². The molecule has 1 aliphatic rings. The average Bonchev–Trinajstić information content (AvgIpc) is 2.65. The van der Waals surface area contributed by atoms with Gasteiger partial charge in [-0.1, -0.05) is 0 Å². The van der Waals surface area contributed by atoms with Gasteiger partial charge < -0.3 is 23.9 Å². The van der Waals surface area contributed by atoms with Gasteiger partial charge >= 0.3 is 0 Å². The van der Waals surface area contributed by atoms with Gasteiger partial charge in [0.15, 0.2) is 11.5 Å². The number of H-pyrrole nitrogens is 1. The Morgan fingerprint density at radius 1 is 0.733 bits per heavy atom. The predicted molar refractivity (Wildman–Crippen MR) is 53.4 cm³/mol. The zero-order chi connectivity index (χ0) is 10.3. The maximum Gasteiger partial charge on any atom is 0.178 e. The molecule has 0 bridgehead atoms. The molecule has 0 saturated carbocycles. The number of aromatic nitrogens is 1. The topological polar surface area (TPSA) is 52.7 Å². The highest BCUT2D eigenvalue weighted by Gasteiger charge is 2.06. The molecule has 1 aromatic rings. The third kappa shape index (κ3) is 3.14. The second kappa shape index (κ2) is 5.63. The molecule has 0 aliphatic carbocycles. The van der Waals surface area contributed by atoms with E-state index in [0.717, 1.165) is 11.5 Å². The SMILES string of the molecule is c1[nH]cc2c1OCCOCCOCCO2. The monoisotopic (exact) mass is 213 g/mol. The minimum absolute atomic E-state index is 0.522. The minimum atomic E-state index is 0.522. The first kappa shape index (κ1) is 10.3. The van der Waals surface area contributed by atoms with Crippen LogP contribution in [-0.2, 0) is 9.47 Å². The van der Waals surface area contributed by atoms with Crippen molar-refractivity contribution in [2.75, 3.05) is 39.6 Å². The minimum Gasteiger partial charge on any atom is -0.486 e. The number of hydrogen-bond acceptors (Lipinski definition) is 4. The normalized spacial score (nSPS) is 18.9. The maximum absolute atomic E-state index is 5.48. The molecule has 0 fully saturated rings. The lowest BCUT2D eigenvalue weighted by molar-refractivity contribution is 0.0225. The van der Waals surface area contributed by atoms with E-state index in [1.165, 1.54) is 0 Å². The first-order valence-corrected chi connectivity index (χ1v) is 5.04. The molecular weight excluding hydrogens is 198 g/mol. The molecule has 84 valence electrons. The van der Waals surface area contributed by atoms with E-state index in [0.29, 0.717) is 39.6 Å². The number of rotatable bonds is 0. The van der Waals surface area contributed by atoms with Crippen molar-refractivity contribution >= 4 is 0 Å². The molecule has 5 nitrogen and oxygen atoms in total. The van der Waals surface area contributed by atoms with Crippen LogP contribution in [0.4, 0.5) is 0 Å². The molecule has 1 aromatic heterocycles. The molecule has 0 unspecified atom stereocenters. The summed E-state index contributed by atoms with van der Waals surface area (Å²) in [5.41, 5.74) is 0. The molecule has 1 aliphatic heterocycles. The van der Waals surface area contributed by atoms with Crippen molar-refractivity contribution in [3.05, 3.63) is 12.4 Å². The first-order valence-electron chi connectivity index (χ1n) is 5.04. The lowest BCUT2D eigenvalue weighted by Gasteiger charge is -2.11. The first-order chi connectivity index (χ1) is 7.47. The number of aromatic amines is 1. The lowest BCUT2D eigenvalue weighted by Crippen LogP contribution is -2.15. The predicted octanol–water partition coefficient (Wildman–Crippen LogP) is 0.819. The zero-order valence-electron chi connectivity index (χ0n) is 8.53. The van der Waals surface area contributed by atoms with E-state index in [-0.39, 0.29) is 0 Å². The van der Waals surface area contributed by atoms with Crippen molar-refractivity contribution in [2.45, 2.75) is 0 Å². The quantitative estimate of drug-likeness (QED) is 0.693. The van der Waals surface area contributed by atoms with Crippen LogP contribution in [0.1, 0.15) is 0 Å². The Morgan fingerprint density at radius 2 is 1.20 bits per heavy atom. The van der Waals surface area contributed by atoms with E-state index in [1.807, 2.05) is 0 Å². The number of nitrogens with one attached hydrogen (secondary N) is 1. The smallest absolute Gasteiger partial charge is 0.178 e. The highest BCUT2D eigenvalue weighted by atomic mass is 16.6. The van der Waals surface area contributed by atoms with Crippen LogP contribution in [0, 0.1) is 0 Å². The highest BCUT2D eigenvalue weighted by Crippen LogP contribution is 2.26. The van der Waals surface area contributed by atoms with E-state index in [1.54, 1.807) is 12.4 Å². The molecule has 5 heteroatoms. The second-order valence-electron chi connectivity index (χ2n) is 3.11. The summed E-state index contributed by atoms with van der Waals surface area (Å²) in [6.45, 7) is 3.37. The molecular formula is C10H15NO4. The maximum atomic E-state index is 5.48. The third-order valence-corrected chi connectivity index (χ3v) is 2.01. The van der Waals surface area contributed by atoms with Crippen molar-refractivity contribution in [2.24, 2.45) is 0 Å². The molecule has 0 aromatic carbocycles. The summed E-state index contributed by atoms with van der Waals surface area (Å²) >= 11 is 0. The molecule has 2 rings (SSSR count). The van der Waals surface area contributed by atoms with E-state index >= 15 is 0 Å². The Bertz CT molecular complexity index is 260. The van der Waals surface area contributed by atoms with Crippen LogP contribution in [0.2, 0.25) is 0 Å². The Morgan fingerprint density at radius 3 is 1.73 bits per heavy atom. The Labute approximate surface area is 88.3 Å². The van der Waals surface area contributed by atoms with Gasteiger partial charge in [-0.2, -0.15) is 0 Å². The molecule has 0 saturated heterocycles. The van der Waals surface area contributed by atoms with Gasteiger partial charge in [-0.15, -0.1) is 0 Å². The van der Waals surface area contributed by atoms with Gasteiger partial charge in [0, 0.05) is 12.4 Å². The summed E-state index contributed by atoms with van der Waals surface area (Å²) in [6, 6.07) is 0. The largest absolute Gasteiger partial charge is 0.486 e. The van der Waals surface area contributed by atoms with Crippen molar-refractivity contribution in [3.8, 4) is 11.5 Å². The summed E-state index contributed by atoms with van der Waals surface area (Å²) in [5.74, 6) is 1.44. The zero-order valence-corrected chi connectivity index (χ0v) is 8.53. The van der Waals surface area contributed by atoms with Gasteiger partial charge in [0.05, 0.1) is 26.4 Å². The summed E-state index contributed by atoms with van der Waals surface area (Å²) in [6.07, 6.45) is 3.53. The summed E-state index contributed by atoms with van der Waals surface area (Å²) < 4.78 is 21.6. The molecule has 0 radical (unpaired) electrons. The molecule has 0 amide bonds. The standard InChI is InChI=1S/C10H15NO4/c1-2-13-4-6-15-10-8-11-7-9(10)14-5-3-12-1/h7-8,11H,1-6H2. The van der Waals surface area contributed by atoms with Crippen LogP contribution < -0.4 is 9.47 Å². The van der Waals surface area contributed by atoms with Crippen molar-refractivity contribution in [3.63, 3.8) is 0 Å². The molecule has 0 spiro atoms. The second-order valence-corrected chi connectivity index (χ2v) is 3.11. The van der Waals surface area contributed by atoms with Crippen molar-refractivity contribution in [1.29, 1.82) is 0 Å². The van der Waals surface area contributed by atoms with Gasteiger partial charge in [0.1, 0.15) is 13.2 Å². The Hall–Kier alpha value is -1.20. The van der Waals surface area contributed by atoms with E-state index < -0.39 is 0 Å². The van der Waals surface area contributed by atoms with E-state index in [2.05, 4.69) is 4.98 Å². The fourth-order valence-corrected chi connectivity index (χ4v) is 1.30. The fraction of sp³-hybridized carbons (Fsp3) is 0.600.